The fourth-order valence-electron chi connectivity index (χ4n) is 2.08. The number of hydrogen-bond acceptors (Lipinski definition) is 3. The summed E-state index contributed by atoms with van der Waals surface area (Å²) in [6.07, 6.45) is 6.72. The van der Waals surface area contributed by atoms with Crippen molar-refractivity contribution in [2.75, 3.05) is 0 Å². The first-order chi connectivity index (χ1) is 9.25. The summed E-state index contributed by atoms with van der Waals surface area (Å²) in [6.45, 7) is 0. The van der Waals surface area contributed by atoms with Gasteiger partial charge in [0.2, 0.25) is 0 Å². The van der Waals surface area contributed by atoms with E-state index in [1.807, 2.05) is 0 Å². The molecule has 0 fully saturated rings. The lowest BCUT2D eigenvalue weighted by atomic mass is 10.0. The van der Waals surface area contributed by atoms with Crippen LogP contribution in [0.25, 0.3) is 0 Å². The summed E-state index contributed by atoms with van der Waals surface area (Å²) in [5.74, 6) is -0.320. The fraction of sp³-hybridized carbons (Fsp3) is 0.154. The molecule has 1 aliphatic rings. The molecular formula is C13H11FN4O. The molecule has 3 rings (SSSR count). The summed E-state index contributed by atoms with van der Waals surface area (Å²) in [4.78, 5) is 16.0. The topological polar surface area (TPSA) is 50.5 Å². The van der Waals surface area contributed by atoms with Gasteiger partial charge in [0.1, 0.15) is 12.1 Å². The van der Waals surface area contributed by atoms with E-state index in [-0.39, 0.29) is 17.9 Å². The van der Waals surface area contributed by atoms with Crippen LogP contribution in [0, 0.1) is 5.82 Å². The Kier molecular flexibility index (Phi) is 2.83. The number of hydrogen-bond donors (Lipinski definition) is 0. The summed E-state index contributed by atoms with van der Waals surface area (Å²) >= 11 is 0. The van der Waals surface area contributed by atoms with Crippen LogP contribution in [-0.2, 0) is 0 Å². The molecular weight excluding hydrogens is 247 g/mol. The summed E-state index contributed by atoms with van der Waals surface area (Å²) in [7, 11) is 0. The SMILES string of the molecule is O=C(N1N=CCC1c1cccc(F)c1)n1ccnc1. The van der Waals surface area contributed by atoms with Gasteiger partial charge in [0.15, 0.2) is 0 Å². The second-order valence-corrected chi connectivity index (χ2v) is 4.20. The van der Waals surface area contributed by atoms with Crippen LogP contribution in [0.15, 0.2) is 48.1 Å². The maximum absolute atomic E-state index is 13.3. The molecule has 0 spiro atoms. The quantitative estimate of drug-likeness (QED) is 0.788. The third kappa shape index (κ3) is 2.12. The number of halogens is 1. The third-order valence-corrected chi connectivity index (χ3v) is 2.98. The van der Waals surface area contributed by atoms with Gasteiger partial charge in [-0.25, -0.2) is 19.2 Å². The molecule has 0 bridgehead atoms. The van der Waals surface area contributed by atoms with Crippen molar-refractivity contribution in [1.29, 1.82) is 0 Å². The Hall–Kier alpha value is -2.50. The zero-order valence-corrected chi connectivity index (χ0v) is 9.98. The molecule has 1 aromatic heterocycles. The van der Waals surface area contributed by atoms with Crippen LogP contribution >= 0.6 is 0 Å². The van der Waals surface area contributed by atoms with Crippen LogP contribution in [0.2, 0.25) is 0 Å². The second kappa shape index (κ2) is 4.64. The van der Waals surface area contributed by atoms with Crippen LogP contribution in [0.3, 0.4) is 0 Å². The van der Waals surface area contributed by atoms with Crippen LogP contribution in [0.1, 0.15) is 18.0 Å². The van der Waals surface area contributed by atoms with E-state index >= 15 is 0 Å². The average molecular weight is 258 g/mol. The predicted octanol–water partition coefficient (Wildman–Crippen LogP) is 2.42. The number of nitrogens with zero attached hydrogens (tertiary/aromatic N) is 4. The van der Waals surface area contributed by atoms with Crippen LogP contribution < -0.4 is 0 Å². The molecule has 0 saturated carbocycles. The smallest absolute Gasteiger partial charge is 0.257 e. The van der Waals surface area contributed by atoms with Gasteiger partial charge in [-0.2, -0.15) is 5.10 Å². The van der Waals surface area contributed by atoms with Gasteiger partial charge in [-0.15, -0.1) is 0 Å². The molecule has 0 radical (unpaired) electrons. The van der Waals surface area contributed by atoms with Crippen molar-refractivity contribution >= 4 is 12.2 Å². The molecule has 0 N–H and O–H groups in total. The Morgan fingerprint density at radius 2 is 2.32 bits per heavy atom. The highest BCUT2D eigenvalue weighted by atomic mass is 19.1. The third-order valence-electron chi connectivity index (χ3n) is 2.98. The largest absolute Gasteiger partial charge is 0.350 e. The van der Waals surface area contributed by atoms with E-state index in [1.54, 1.807) is 24.5 Å². The summed E-state index contributed by atoms with van der Waals surface area (Å²) in [6, 6.07) is 5.64. The maximum atomic E-state index is 13.3. The molecule has 1 amide bonds. The Labute approximate surface area is 109 Å². The van der Waals surface area contributed by atoms with Gasteiger partial charge in [-0.3, -0.25) is 4.57 Å². The summed E-state index contributed by atoms with van der Waals surface area (Å²) in [5.41, 5.74) is 0.728. The molecule has 19 heavy (non-hydrogen) atoms. The minimum absolute atomic E-state index is 0.273. The normalized spacial score (nSPS) is 17.9. The molecule has 0 saturated heterocycles. The van der Waals surface area contributed by atoms with Crippen molar-refractivity contribution in [2.45, 2.75) is 12.5 Å². The molecule has 96 valence electrons. The Balaban J connectivity index is 1.89. The number of carbonyl (C=O) groups excluding carboxylic acids is 1. The Morgan fingerprint density at radius 1 is 1.42 bits per heavy atom. The number of imidazole rings is 1. The average Bonchev–Trinajstić information content (AvgIpc) is 3.09. The van der Waals surface area contributed by atoms with Gasteiger partial charge in [-0.05, 0) is 17.7 Å². The highest BCUT2D eigenvalue weighted by molar-refractivity contribution is 5.80. The van der Waals surface area contributed by atoms with E-state index in [9.17, 15) is 9.18 Å². The first-order valence-electron chi connectivity index (χ1n) is 5.85. The molecule has 1 aliphatic heterocycles. The number of aromatic nitrogens is 2. The van der Waals surface area contributed by atoms with E-state index in [0.29, 0.717) is 6.42 Å². The lowest BCUT2D eigenvalue weighted by molar-refractivity contribution is 0.187. The maximum Gasteiger partial charge on any atom is 0.350 e. The number of amides is 1. The first-order valence-corrected chi connectivity index (χ1v) is 5.85. The monoisotopic (exact) mass is 258 g/mol. The van der Waals surface area contributed by atoms with E-state index in [0.717, 1.165) is 5.56 Å². The van der Waals surface area contributed by atoms with E-state index in [2.05, 4.69) is 10.1 Å². The van der Waals surface area contributed by atoms with Crippen molar-refractivity contribution in [3.05, 3.63) is 54.4 Å². The molecule has 2 heterocycles. The standard InChI is InChI=1S/C13H11FN4O/c14-11-3-1-2-10(8-11)12-4-5-16-18(12)13(19)17-7-6-15-9-17/h1-3,5-9,12H,4H2. The highest BCUT2D eigenvalue weighted by Crippen LogP contribution is 2.28. The van der Waals surface area contributed by atoms with Crippen molar-refractivity contribution < 1.29 is 9.18 Å². The molecule has 0 aliphatic carbocycles. The van der Waals surface area contributed by atoms with E-state index in [1.165, 1.54) is 34.2 Å². The minimum atomic E-state index is -0.320. The number of rotatable bonds is 1. The Morgan fingerprint density at radius 3 is 3.05 bits per heavy atom. The first kappa shape index (κ1) is 11.6. The highest BCUT2D eigenvalue weighted by Gasteiger charge is 2.29. The molecule has 1 aromatic carbocycles. The number of hydrazone groups is 1. The van der Waals surface area contributed by atoms with Gasteiger partial charge in [0, 0.05) is 25.0 Å². The van der Waals surface area contributed by atoms with Gasteiger partial charge >= 0.3 is 6.03 Å². The lowest BCUT2D eigenvalue weighted by Crippen LogP contribution is -2.30. The molecule has 2 aromatic rings. The van der Waals surface area contributed by atoms with Crippen molar-refractivity contribution in [3.8, 4) is 0 Å². The molecule has 5 nitrogen and oxygen atoms in total. The number of benzene rings is 1. The summed E-state index contributed by atoms with van der Waals surface area (Å²) in [5, 5.41) is 5.41. The zero-order chi connectivity index (χ0) is 13.2. The van der Waals surface area contributed by atoms with Crippen LogP contribution in [0.5, 0.6) is 0 Å². The predicted molar refractivity (Wildman–Crippen MR) is 67.1 cm³/mol. The van der Waals surface area contributed by atoms with Crippen LogP contribution in [0.4, 0.5) is 9.18 Å². The second-order valence-electron chi connectivity index (χ2n) is 4.20. The fourth-order valence-corrected chi connectivity index (χ4v) is 2.08. The number of carbonyl (C=O) groups is 1. The molecule has 6 heteroatoms. The van der Waals surface area contributed by atoms with Crippen molar-refractivity contribution in [2.24, 2.45) is 5.10 Å². The summed E-state index contributed by atoms with van der Waals surface area (Å²) < 4.78 is 14.6. The van der Waals surface area contributed by atoms with Crippen molar-refractivity contribution in [1.82, 2.24) is 14.6 Å². The van der Waals surface area contributed by atoms with Gasteiger partial charge in [0.05, 0.1) is 6.04 Å². The van der Waals surface area contributed by atoms with Gasteiger partial charge < -0.3 is 0 Å². The van der Waals surface area contributed by atoms with E-state index in [4.69, 9.17) is 0 Å². The minimum Gasteiger partial charge on any atom is -0.257 e. The van der Waals surface area contributed by atoms with Crippen molar-refractivity contribution in [3.63, 3.8) is 0 Å². The zero-order valence-electron chi connectivity index (χ0n) is 9.98. The van der Waals surface area contributed by atoms with Crippen LogP contribution in [-0.4, -0.2) is 26.8 Å². The lowest BCUT2D eigenvalue weighted by Gasteiger charge is -2.22. The van der Waals surface area contributed by atoms with Gasteiger partial charge in [-0.1, -0.05) is 12.1 Å². The van der Waals surface area contributed by atoms with E-state index < -0.39 is 0 Å². The molecule has 1 atom stereocenters. The molecule has 1 unspecified atom stereocenters. The van der Waals surface area contributed by atoms with Gasteiger partial charge in [0.25, 0.3) is 0 Å². The Bertz CT molecular complexity index is 623.